The van der Waals surface area contributed by atoms with Crippen LogP contribution < -0.4 is 0 Å². The molecule has 1 atom stereocenters. The zero-order chi connectivity index (χ0) is 25.3. The standard InChI is InChI=1S/C25H21Cl2N5O3/c1-14-7-6-8-15(2)21(14)32-23(28-29-30-32)22(19-12-11-16(26)13-20(19)27)31(3)24(33)17-9-4-5-10-18(17)25(34)35/h4-13,22H,1-3H3,(H,34,35)/t22-/m0/s1. The highest BCUT2D eigenvalue weighted by atomic mass is 35.5. The summed E-state index contributed by atoms with van der Waals surface area (Å²) < 4.78 is 1.58. The van der Waals surface area contributed by atoms with E-state index in [1.54, 1.807) is 42.1 Å². The number of amides is 1. The molecule has 178 valence electrons. The highest BCUT2D eigenvalue weighted by Crippen LogP contribution is 2.35. The van der Waals surface area contributed by atoms with Crippen molar-refractivity contribution in [1.29, 1.82) is 0 Å². The lowest BCUT2D eigenvalue weighted by atomic mass is 10.0. The van der Waals surface area contributed by atoms with Crippen LogP contribution in [-0.4, -0.2) is 49.1 Å². The van der Waals surface area contributed by atoms with Gasteiger partial charge in [-0.05, 0) is 59.7 Å². The van der Waals surface area contributed by atoms with E-state index >= 15 is 0 Å². The average molecular weight is 510 g/mol. The van der Waals surface area contributed by atoms with Gasteiger partial charge in [0.2, 0.25) is 0 Å². The number of benzene rings is 3. The fourth-order valence-electron chi connectivity index (χ4n) is 4.07. The van der Waals surface area contributed by atoms with Crippen LogP contribution >= 0.6 is 23.2 Å². The third-order valence-corrected chi connectivity index (χ3v) is 6.30. The van der Waals surface area contributed by atoms with Gasteiger partial charge in [-0.15, -0.1) is 5.10 Å². The number of carbonyl (C=O) groups is 2. The van der Waals surface area contributed by atoms with E-state index in [-0.39, 0.29) is 11.1 Å². The Labute approximate surface area is 211 Å². The van der Waals surface area contributed by atoms with Gasteiger partial charge in [-0.1, -0.05) is 59.6 Å². The number of rotatable bonds is 6. The minimum atomic E-state index is -1.20. The highest BCUT2D eigenvalue weighted by molar-refractivity contribution is 6.35. The largest absolute Gasteiger partial charge is 0.478 e. The first-order valence-electron chi connectivity index (χ1n) is 10.6. The summed E-state index contributed by atoms with van der Waals surface area (Å²) in [6.45, 7) is 3.88. The molecule has 1 aromatic heterocycles. The second-order valence-electron chi connectivity index (χ2n) is 8.02. The molecule has 0 unspecified atom stereocenters. The van der Waals surface area contributed by atoms with E-state index in [0.29, 0.717) is 21.4 Å². The number of aromatic nitrogens is 4. The number of nitrogens with zero attached hydrogens (tertiary/aromatic N) is 5. The zero-order valence-corrected chi connectivity index (χ0v) is 20.6. The SMILES string of the molecule is Cc1cccc(C)c1-n1nnnc1[C@H](c1ccc(Cl)cc1Cl)N(C)C(=O)c1ccccc1C(=O)O. The molecule has 0 radical (unpaired) electrons. The first-order chi connectivity index (χ1) is 16.7. The molecule has 1 amide bonds. The minimum absolute atomic E-state index is 0.0312. The number of para-hydroxylation sites is 1. The van der Waals surface area contributed by atoms with Crippen LogP contribution in [0.4, 0.5) is 0 Å². The van der Waals surface area contributed by atoms with Gasteiger partial charge in [-0.25, -0.2) is 4.79 Å². The van der Waals surface area contributed by atoms with Gasteiger partial charge in [0, 0.05) is 22.7 Å². The Balaban J connectivity index is 1.92. The summed E-state index contributed by atoms with van der Waals surface area (Å²) in [7, 11) is 1.56. The molecule has 10 heteroatoms. The van der Waals surface area contributed by atoms with Gasteiger partial charge >= 0.3 is 5.97 Å². The smallest absolute Gasteiger partial charge is 0.336 e. The summed E-state index contributed by atoms with van der Waals surface area (Å²) in [5, 5.41) is 22.7. The number of aryl methyl sites for hydroxylation is 2. The van der Waals surface area contributed by atoms with Crippen LogP contribution in [0.15, 0.2) is 60.7 Å². The first kappa shape index (κ1) is 24.4. The Hall–Kier alpha value is -3.75. The summed E-state index contributed by atoms with van der Waals surface area (Å²) in [5.41, 5.74) is 3.09. The summed E-state index contributed by atoms with van der Waals surface area (Å²) in [4.78, 5) is 26.8. The van der Waals surface area contributed by atoms with Crippen molar-refractivity contribution in [3.63, 3.8) is 0 Å². The molecule has 0 saturated heterocycles. The minimum Gasteiger partial charge on any atom is -0.478 e. The molecular weight excluding hydrogens is 489 g/mol. The monoisotopic (exact) mass is 509 g/mol. The Morgan fingerprint density at radius 1 is 0.971 bits per heavy atom. The fourth-order valence-corrected chi connectivity index (χ4v) is 4.58. The third kappa shape index (κ3) is 4.62. The van der Waals surface area contributed by atoms with Crippen LogP contribution in [0.3, 0.4) is 0 Å². The Kier molecular flexibility index (Phi) is 6.86. The van der Waals surface area contributed by atoms with Gasteiger partial charge in [0.15, 0.2) is 5.82 Å². The summed E-state index contributed by atoms with van der Waals surface area (Å²) in [5.74, 6) is -1.41. The fraction of sp³-hybridized carbons (Fsp3) is 0.160. The highest BCUT2D eigenvalue weighted by Gasteiger charge is 2.33. The number of aromatic carboxylic acids is 1. The number of halogens is 2. The summed E-state index contributed by atoms with van der Waals surface area (Å²) in [6.07, 6.45) is 0. The lowest BCUT2D eigenvalue weighted by molar-refractivity contribution is 0.0673. The van der Waals surface area contributed by atoms with E-state index in [4.69, 9.17) is 23.2 Å². The molecule has 4 aromatic rings. The molecule has 0 fully saturated rings. The summed E-state index contributed by atoms with van der Waals surface area (Å²) in [6, 6.07) is 15.9. The second kappa shape index (κ2) is 9.85. The molecule has 1 N–H and O–H groups in total. The van der Waals surface area contributed by atoms with E-state index in [1.165, 1.54) is 17.0 Å². The van der Waals surface area contributed by atoms with E-state index < -0.39 is 17.9 Å². The Bertz CT molecular complexity index is 1420. The number of hydrogen-bond donors (Lipinski definition) is 1. The van der Waals surface area contributed by atoms with Crippen molar-refractivity contribution in [2.24, 2.45) is 0 Å². The Morgan fingerprint density at radius 3 is 2.26 bits per heavy atom. The molecule has 0 aliphatic carbocycles. The number of carboxylic acid groups (broad SMARTS) is 1. The van der Waals surface area contributed by atoms with E-state index in [2.05, 4.69) is 15.5 Å². The average Bonchev–Trinajstić information content (AvgIpc) is 3.28. The molecule has 0 bridgehead atoms. The lowest BCUT2D eigenvalue weighted by Crippen LogP contribution is -2.35. The molecule has 0 aliphatic rings. The molecule has 8 nitrogen and oxygen atoms in total. The van der Waals surface area contributed by atoms with Gasteiger partial charge in [0.25, 0.3) is 5.91 Å². The van der Waals surface area contributed by atoms with E-state index in [0.717, 1.165) is 16.8 Å². The van der Waals surface area contributed by atoms with Crippen LogP contribution in [0, 0.1) is 13.8 Å². The number of hydrogen-bond acceptors (Lipinski definition) is 5. The van der Waals surface area contributed by atoms with Crippen molar-refractivity contribution in [2.75, 3.05) is 7.05 Å². The van der Waals surface area contributed by atoms with E-state index in [9.17, 15) is 14.7 Å². The molecule has 1 heterocycles. The first-order valence-corrected chi connectivity index (χ1v) is 11.4. The number of tetrazole rings is 1. The van der Waals surface area contributed by atoms with Gasteiger partial charge in [0.05, 0.1) is 16.8 Å². The molecule has 4 rings (SSSR count). The molecule has 35 heavy (non-hydrogen) atoms. The topological polar surface area (TPSA) is 101 Å². The molecule has 0 aliphatic heterocycles. The normalized spacial score (nSPS) is 11.8. The Morgan fingerprint density at radius 2 is 1.63 bits per heavy atom. The third-order valence-electron chi connectivity index (χ3n) is 5.74. The number of carbonyl (C=O) groups excluding carboxylic acids is 1. The maximum absolute atomic E-state index is 13.7. The van der Waals surface area contributed by atoms with Crippen LogP contribution in [0.5, 0.6) is 0 Å². The maximum atomic E-state index is 13.7. The molecule has 0 saturated carbocycles. The summed E-state index contributed by atoms with van der Waals surface area (Å²) >= 11 is 12.7. The van der Waals surface area contributed by atoms with Gasteiger partial charge in [0.1, 0.15) is 6.04 Å². The van der Waals surface area contributed by atoms with E-state index in [1.807, 2.05) is 32.0 Å². The van der Waals surface area contributed by atoms with Crippen LogP contribution in [0.2, 0.25) is 10.0 Å². The van der Waals surface area contributed by atoms with Gasteiger partial charge in [-0.2, -0.15) is 4.68 Å². The van der Waals surface area contributed by atoms with Crippen LogP contribution in [0.25, 0.3) is 5.69 Å². The second-order valence-corrected chi connectivity index (χ2v) is 8.87. The van der Waals surface area contributed by atoms with Gasteiger partial charge < -0.3 is 10.0 Å². The lowest BCUT2D eigenvalue weighted by Gasteiger charge is -2.29. The predicted molar refractivity (Wildman–Crippen MR) is 132 cm³/mol. The van der Waals surface area contributed by atoms with Crippen LogP contribution in [-0.2, 0) is 0 Å². The van der Waals surface area contributed by atoms with Crippen molar-refractivity contribution in [1.82, 2.24) is 25.1 Å². The quantitative estimate of drug-likeness (QED) is 0.385. The zero-order valence-electron chi connectivity index (χ0n) is 19.1. The van der Waals surface area contributed by atoms with Crippen molar-refractivity contribution in [2.45, 2.75) is 19.9 Å². The molecular formula is C25H21Cl2N5O3. The predicted octanol–water partition coefficient (Wildman–Crippen LogP) is 5.15. The maximum Gasteiger partial charge on any atom is 0.336 e. The van der Waals surface area contributed by atoms with Gasteiger partial charge in [-0.3, -0.25) is 4.79 Å². The molecule has 3 aromatic carbocycles. The van der Waals surface area contributed by atoms with Crippen molar-refractivity contribution in [3.8, 4) is 5.69 Å². The van der Waals surface area contributed by atoms with Crippen molar-refractivity contribution >= 4 is 35.1 Å². The molecule has 0 spiro atoms. The van der Waals surface area contributed by atoms with Crippen molar-refractivity contribution < 1.29 is 14.7 Å². The van der Waals surface area contributed by atoms with Crippen LogP contribution in [0.1, 0.15) is 49.3 Å². The number of carboxylic acids is 1. The van der Waals surface area contributed by atoms with Crippen molar-refractivity contribution in [3.05, 3.63) is 104 Å².